The number of imide groups is 1. The maximum absolute atomic E-state index is 12.7. The minimum absolute atomic E-state index is 0.0595. The number of benzene rings is 1. The van der Waals surface area contributed by atoms with Crippen LogP contribution in [0.5, 0.6) is 0 Å². The second kappa shape index (κ2) is 7.93. The van der Waals surface area contributed by atoms with Crippen molar-refractivity contribution in [3.63, 3.8) is 0 Å². The standard InChI is InChI=1S/C22H27N5O3/c1-15-16(2)24-25-18(15)8-9-19(28)26-12-10-22(11-13-26)20(29)23-21(30)27(22)14-17-6-4-3-5-7-17/h3-7H,8-14H2,1-2H3,(H,24,25)(H,23,29,30). The lowest BCUT2D eigenvalue weighted by molar-refractivity contribution is -0.138. The van der Waals surface area contributed by atoms with Gasteiger partial charge in [0.05, 0.1) is 5.69 Å². The van der Waals surface area contributed by atoms with Gasteiger partial charge in [-0.1, -0.05) is 30.3 Å². The number of aryl methyl sites for hydroxylation is 2. The summed E-state index contributed by atoms with van der Waals surface area (Å²) >= 11 is 0. The molecule has 4 amide bonds. The number of likely N-dealkylation sites (tertiary alicyclic amines) is 1. The molecule has 1 aromatic carbocycles. The third-order valence-electron chi connectivity index (χ3n) is 6.46. The fraction of sp³-hybridized carbons (Fsp3) is 0.455. The Morgan fingerprint density at radius 1 is 1.13 bits per heavy atom. The number of H-pyrrole nitrogens is 1. The molecule has 2 N–H and O–H groups in total. The predicted octanol–water partition coefficient (Wildman–Crippen LogP) is 2.07. The first-order valence-corrected chi connectivity index (χ1v) is 10.4. The Morgan fingerprint density at radius 2 is 1.83 bits per heavy atom. The summed E-state index contributed by atoms with van der Waals surface area (Å²) in [5, 5.41) is 9.70. The molecule has 0 aliphatic carbocycles. The number of aromatic nitrogens is 2. The molecular formula is C22H27N5O3. The number of aromatic amines is 1. The van der Waals surface area contributed by atoms with E-state index in [9.17, 15) is 14.4 Å². The number of rotatable bonds is 5. The Bertz CT molecular complexity index is 960. The molecule has 8 heteroatoms. The molecule has 1 aromatic heterocycles. The molecule has 0 bridgehead atoms. The Morgan fingerprint density at radius 3 is 2.47 bits per heavy atom. The summed E-state index contributed by atoms with van der Waals surface area (Å²) in [7, 11) is 0. The number of amides is 4. The number of carbonyl (C=O) groups excluding carboxylic acids is 3. The fourth-order valence-corrected chi connectivity index (χ4v) is 4.37. The van der Waals surface area contributed by atoms with Crippen LogP contribution in [0.3, 0.4) is 0 Å². The first-order chi connectivity index (χ1) is 14.4. The van der Waals surface area contributed by atoms with Gasteiger partial charge in [-0.05, 0) is 37.8 Å². The number of piperidine rings is 1. The van der Waals surface area contributed by atoms with Crippen LogP contribution in [-0.2, 0) is 22.6 Å². The van der Waals surface area contributed by atoms with Crippen LogP contribution >= 0.6 is 0 Å². The van der Waals surface area contributed by atoms with Crippen molar-refractivity contribution in [1.82, 2.24) is 25.3 Å². The van der Waals surface area contributed by atoms with Crippen molar-refractivity contribution in [1.29, 1.82) is 0 Å². The first kappa shape index (κ1) is 20.1. The van der Waals surface area contributed by atoms with E-state index in [0.717, 1.165) is 22.5 Å². The zero-order valence-corrected chi connectivity index (χ0v) is 17.4. The van der Waals surface area contributed by atoms with Crippen LogP contribution in [0.4, 0.5) is 4.79 Å². The van der Waals surface area contributed by atoms with Crippen LogP contribution in [0.2, 0.25) is 0 Å². The lowest BCUT2D eigenvalue weighted by Gasteiger charge is -2.42. The second-order valence-corrected chi connectivity index (χ2v) is 8.16. The number of carbonyl (C=O) groups is 3. The van der Waals surface area contributed by atoms with Gasteiger partial charge in [0.1, 0.15) is 5.54 Å². The first-order valence-electron chi connectivity index (χ1n) is 10.4. The molecule has 2 fully saturated rings. The Labute approximate surface area is 175 Å². The van der Waals surface area contributed by atoms with Gasteiger partial charge in [-0.25, -0.2) is 4.79 Å². The molecule has 3 heterocycles. The molecule has 1 spiro atoms. The third-order valence-corrected chi connectivity index (χ3v) is 6.46. The highest BCUT2D eigenvalue weighted by atomic mass is 16.2. The highest BCUT2D eigenvalue weighted by molar-refractivity contribution is 6.07. The molecule has 0 saturated carbocycles. The van der Waals surface area contributed by atoms with Crippen LogP contribution in [0.25, 0.3) is 0 Å². The normalized spacial score (nSPS) is 18.2. The molecule has 2 aliphatic heterocycles. The summed E-state index contributed by atoms with van der Waals surface area (Å²) in [6, 6.07) is 9.30. The van der Waals surface area contributed by atoms with Gasteiger partial charge < -0.3 is 9.80 Å². The van der Waals surface area contributed by atoms with E-state index in [1.165, 1.54) is 0 Å². The summed E-state index contributed by atoms with van der Waals surface area (Å²) in [6.07, 6.45) is 1.88. The molecule has 0 unspecified atom stereocenters. The summed E-state index contributed by atoms with van der Waals surface area (Å²) in [4.78, 5) is 41.3. The zero-order chi connectivity index (χ0) is 21.3. The molecule has 8 nitrogen and oxygen atoms in total. The van der Waals surface area contributed by atoms with Crippen LogP contribution in [-0.4, -0.2) is 56.5 Å². The number of hydrogen-bond donors (Lipinski definition) is 2. The van der Waals surface area contributed by atoms with Crippen LogP contribution < -0.4 is 5.32 Å². The van der Waals surface area contributed by atoms with E-state index in [0.29, 0.717) is 45.3 Å². The van der Waals surface area contributed by atoms with Gasteiger partial charge in [-0.2, -0.15) is 5.10 Å². The summed E-state index contributed by atoms with van der Waals surface area (Å²) in [5.74, 6) is -0.192. The minimum atomic E-state index is -0.875. The summed E-state index contributed by atoms with van der Waals surface area (Å²) in [6.45, 7) is 5.27. The van der Waals surface area contributed by atoms with Crippen molar-refractivity contribution in [2.75, 3.05) is 13.1 Å². The van der Waals surface area contributed by atoms with E-state index < -0.39 is 5.54 Å². The molecule has 2 saturated heterocycles. The van der Waals surface area contributed by atoms with Gasteiger partial charge in [0.25, 0.3) is 5.91 Å². The Hall–Kier alpha value is -3.16. The topological polar surface area (TPSA) is 98.4 Å². The average Bonchev–Trinajstić information content (AvgIpc) is 3.19. The molecule has 4 rings (SSSR count). The van der Waals surface area contributed by atoms with Gasteiger partial charge in [0, 0.05) is 38.2 Å². The molecule has 0 atom stereocenters. The zero-order valence-electron chi connectivity index (χ0n) is 17.4. The Balaban J connectivity index is 1.40. The third kappa shape index (κ3) is 3.58. The van der Waals surface area contributed by atoms with E-state index in [1.807, 2.05) is 44.2 Å². The van der Waals surface area contributed by atoms with E-state index in [4.69, 9.17) is 0 Å². The highest BCUT2D eigenvalue weighted by Gasteiger charge is 2.54. The second-order valence-electron chi connectivity index (χ2n) is 8.16. The van der Waals surface area contributed by atoms with Gasteiger partial charge in [0.2, 0.25) is 5.91 Å². The number of nitrogens with zero attached hydrogens (tertiary/aromatic N) is 3. The van der Waals surface area contributed by atoms with E-state index in [1.54, 1.807) is 9.80 Å². The number of nitrogens with one attached hydrogen (secondary N) is 2. The molecule has 158 valence electrons. The van der Waals surface area contributed by atoms with E-state index in [-0.39, 0.29) is 17.8 Å². The fourth-order valence-electron chi connectivity index (χ4n) is 4.37. The molecule has 2 aromatic rings. The van der Waals surface area contributed by atoms with Gasteiger partial charge in [-0.3, -0.25) is 20.0 Å². The van der Waals surface area contributed by atoms with Crippen molar-refractivity contribution in [2.45, 2.75) is 51.6 Å². The predicted molar refractivity (Wildman–Crippen MR) is 110 cm³/mol. The number of hydrogen-bond acceptors (Lipinski definition) is 4. The minimum Gasteiger partial charge on any atom is -0.342 e. The lowest BCUT2D eigenvalue weighted by atomic mass is 9.85. The smallest absolute Gasteiger partial charge is 0.325 e. The quantitative estimate of drug-likeness (QED) is 0.739. The van der Waals surface area contributed by atoms with Gasteiger partial charge >= 0.3 is 6.03 Å². The van der Waals surface area contributed by atoms with Crippen molar-refractivity contribution >= 4 is 17.8 Å². The van der Waals surface area contributed by atoms with E-state index >= 15 is 0 Å². The van der Waals surface area contributed by atoms with Crippen molar-refractivity contribution in [2.24, 2.45) is 0 Å². The largest absolute Gasteiger partial charge is 0.342 e. The SMILES string of the molecule is Cc1[nH]nc(CCC(=O)N2CCC3(CC2)C(=O)NC(=O)N3Cc2ccccc2)c1C. The highest BCUT2D eigenvalue weighted by Crippen LogP contribution is 2.34. The molecule has 0 radical (unpaired) electrons. The van der Waals surface area contributed by atoms with Crippen molar-refractivity contribution in [3.8, 4) is 0 Å². The monoisotopic (exact) mass is 409 g/mol. The van der Waals surface area contributed by atoms with Gasteiger partial charge in [-0.15, -0.1) is 0 Å². The number of urea groups is 1. The maximum atomic E-state index is 12.7. The molecule has 2 aliphatic rings. The van der Waals surface area contributed by atoms with Crippen LogP contribution in [0.1, 0.15) is 41.8 Å². The van der Waals surface area contributed by atoms with Crippen molar-refractivity contribution < 1.29 is 14.4 Å². The Kier molecular flexibility index (Phi) is 5.32. The molecule has 30 heavy (non-hydrogen) atoms. The van der Waals surface area contributed by atoms with E-state index in [2.05, 4.69) is 15.5 Å². The average molecular weight is 409 g/mol. The van der Waals surface area contributed by atoms with Crippen molar-refractivity contribution in [3.05, 3.63) is 52.8 Å². The van der Waals surface area contributed by atoms with Gasteiger partial charge in [0.15, 0.2) is 0 Å². The summed E-state index contributed by atoms with van der Waals surface area (Å²) < 4.78 is 0. The van der Waals surface area contributed by atoms with Crippen LogP contribution in [0, 0.1) is 13.8 Å². The van der Waals surface area contributed by atoms with Crippen LogP contribution in [0.15, 0.2) is 30.3 Å². The molecular weight excluding hydrogens is 382 g/mol. The lowest BCUT2D eigenvalue weighted by Crippen LogP contribution is -2.57. The summed E-state index contributed by atoms with van der Waals surface area (Å²) in [5.41, 5.74) is 3.14. The maximum Gasteiger partial charge on any atom is 0.325 e.